The van der Waals surface area contributed by atoms with Gasteiger partial charge in [-0.2, -0.15) is 18.3 Å². The van der Waals surface area contributed by atoms with Crippen molar-refractivity contribution in [3.05, 3.63) is 46.1 Å². The fourth-order valence-corrected chi connectivity index (χ4v) is 2.86. The number of aromatic carboxylic acids is 1. The molecule has 2 N–H and O–H groups in total. The average Bonchev–Trinajstić information content (AvgIpc) is 2.90. The number of benzene rings is 1. The number of carboxylic acids is 1. The number of fused-ring (bicyclic) bond motifs is 1. The second kappa shape index (κ2) is 5.55. The number of nitrogens with zero attached hydrogens (tertiary/aromatic N) is 2. The SMILES string of the molecule is O=C(O)c1cc2n(n1)[C@H](C(F)(F)F)C[C@H](c1ccc(Br)cc1)N2. The molecule has 2 heterocycles. The number of hydrogen-bond acceptors (Lipinski definition) is 3. The van der Waals surface area contributed by atoms with Crippen LogP contribution in [0.5, 0.6) is 0 Å². The monoisotopic (exact) mass is 389 g/mol. The molecule has 0 aliphatic carbocycles. The molecule has 0 spiro atoms. The molecule has 0 saturated carbocycles. The van der Waals surface area contributed by atoms with Crippen LogP contribution in [0.15, 0.2) is 34.8 Å². The maximum Gasteiger partial charge on any atom is 0.410 e. The summed E-state index contributed by atoms with van der Waals surface area (Å²) in [6.45, 7) is 0. The van der Waals surface area contributed by atoms with Crippen LogP contribution in [0.25, 0.3) is 0 Å². The van der Waals surface area contributed by atoms with Crippen LogP contribution in [0.2, 0.25) is 0 Å². The summed E-state index contributed by atoms with van der Waals surface area (Å²) in [5.74, 6) is -1.32. The molecule has 1 aliphatic heterocycles. The molecule has 0 amide bonds. The van der Waals surface area contributed by atoms with Crippen molar-refractivity contribution in [2.75, 3.05) is 5.32 Å². The van der Waals surface area contributed by atoms with E-state index in [9.17, 15) is 18.0 Å². The normalized spacial score (nSPS) is 20.7. The maximum absolute atomic E-state index is 13.3. The van der Waals surface area contributed by atoms with Gasteiger partial charge in [0.15, 0.2) is 11.7 Å². The number of hydrogen-bond donors (Lipinski definition) is 2. The summed E-state index contributed by atoms with van der Waals surface area (Å²) in [5, 5.41) is 15.4. The highest BCUT2D eigenvalue weighted by Gasteiger charge is 2.46. The van der Waals surface area contributed by atoms with Gasteiger partial charge in [-0.15, -0.1) is 0 Å². The molecule has 5 nitrogen and oxygen atoms in total. The Morgan fingerprint density at radius 3 is 2.57 bits per heavy atom. The molecule has 1 aliphatic rings. The van der Waals surface area contributed by atoms with Gasteiger partial charge in [-0.1, -0.05) is 28.1 Å². The minimum atomic E-state index is -4.52. The predicted octanol–water partition coefficient (Wildman–Crippen LogP) is 4.00. The van der Waals surface area contributed by atoms with E-state index in [1.165, 1.54) is 0 Å². The molecule has 2 atom stereocenters. The predicted molar refractivity (Wildman–Crippen MR) is 79.4 cm³/mol. The number of nitrogens with one attached hydrogen (secondary N) is 1. The van der Waals surface area contributed by atoms with E-state index in [1.54, 1.807) is 24.3 Å². The first kappa shape index (κ1) is 15.9. The molecular weight excluding hydrogens is 379 g/mol. The van der Waals surface area contributed by atoms with Gasteiger partial charge in [0, 0.05) is 17.0 Å². The first-order chi connectivity index (χ1) is 10.8. The van der Waals surface area contributed by atoms with Crippen LogP contribution in [0.1, 0.15) is 34.6 Å². The third kappa shape index (κ3) is 3.05. The molecule has 0 saturated heterocycles. The van der Waals surface area contributed by atoms with Crippen molar-refractivity contribution in [3.63, 3.8) is 0 Å². The van der Waals surface area contributed by atoms with Gasteiger partial charge in [0.2, 0.25) is 0 Å². The highest BCUT2D eigenvalue weighted by atomic mass is 79.9. The fourth-order valence-electron chi connectivity index (χ4n) is 2.59. The summed E-state index contributed by atoms with van der Waals surface area (Å²) in [5.41, 5.74) is 0.269. The second-order valence-electron chi connectivity index (χ2n) is 5.21. The number of anilines is 1. The maximum atomic E-state index is 13.3. The zero-order chi connectivity index (χ0) is 16.8. The molecule has 23 heavy (non-hydrogen) atoms. The number of aromatic nitrogens is 2. The highest BCUT2D eigenvalue weighted by Crippen LogP contribution is 2.43. The van der Waals surface area contributed by atoms with E-state index >= 15 is 0 Å². The lowest BCUT2D eigenvalue weighted by Crippen LogP contribution is -2.35. The smallest absolute Gasteiger partial charge is 0.410 e. The third-order valence-electron chi connectivity index (χ3n) is 3.68. The summed E-state index contributed by atoms with van der Waals surface area (Å²) in [6.07, 6.45) is -4.79. The van der Waals surface area contributed by atoms with Gasteiger partial charge in [0.05, 0.1) is 6.04 Å². The Labute approximate surface area is 137 Å². The van der Waals surface area contributed by atoms with E-state index in [4.69, 9.17) is 5.11 Å². The zero-order valence-electron chi connectivity index (χ0n) is 11.5. The average molecular weight is 390 g/mol. The Morgan fingerprint density at radius 1 is 1.35 bits per heavy atom. The Kier molecular flexibility index (Phi) is 3.83. The van der Waals surface area contributed by atoms with Gasteiger partial charge in [0.25, 0.3) is 0 Å². The highest BCUT2D eigenvalue weighted by molar-refractivity contribution is 9.10. The Morgan fingerprint density at radius 2 is 2.00 bits per heavy atom. The lowest BCUT2D eigenvalue weighted by Gasteiger charge is -2.33. The van der Waals surface area contributed by atoms with Crippen LogP contribution < -0.4 is 5.32 Å². The summed E-state index contributed by atoms with van der Waals surface area (Å²) >= 11 is 3.28. The van der Waals surface area contributed by atoms with Crippen LogP contribution in [0.4, 0.5) is 19.0 Å². The van der Waals surface area contributed by atoms with Crippen LogP contribution in [-0.2, 0) is 0 Å². The molecule has 9 heteroatoms. The van der Waals surface area contributed by atoms with E-state index < -0.39 is 29.9 Å². The Bertz CT molecular complexity index is 743. The number of carbonyl (C=O) groups is 1. The van der Waals surface area contributed by atoms with Crippen molar-refractivity contribution in [1.29, 1.82) is 0 Å². The lowest BCUT2D eigenvalue weighted by atomic mass is 9.97. The number of carboxylic acid groups (broad SMARTS) is 1. The molecule has 1 aromatic carbocycles. The summed E-state index contributed by atoms with van der Waals surface area (Å²) in [4.78, 5) is 11.0. The second-order valence-corrected chi connectivity index (χ2v) is 6.12. The molecule has 0 fully saturated rings. The summed E-state index contributed by atoms with van der Waals surface area (Å²) in [6, 6.07) is 5.59. The Balaban J connectivity index is 2.01. The van der Waals surface area contributed by atoms with Gasteiger partial charge in [-0.3, -0.25) is 0 Å². The van der Waals surface area contributed by atoms with Crippen molar-refractivity contribution in [3.8, 4) is 0 Å². The molecule has 2 aromatic rings. The fraction of sp³-hybridized carbons (Fsp3) is 0.286. The van der Waals surface area contributed by atoms with E-state index in [1.807, 2.05) is 0 Å². The molecular formula is C14H11BrF3N3O2. The van der Waals surface area contributed by atoms with Crippen LogP contribution in [-0.4, -0.2) is 27.0 Å². The van der Waals surface area contributed by atoms with Gasteiger partial charge in [-0.05, 0) is 17.7 Å². The number of alkyl halides is 3. The van der Waals surface area contributed by atoms with Crippen molar-refractivity contribution >= 4 is 27.7 Å². The van der Waals surface area contributed by atoms with Gasteiger partial charge >= 0.3 is 12.1 Å². The molecule has 0 bridgehead atoms. The lowest BCUT2D eigenvalue weighted by molar-refractivity contribution is -0.173. The Hall–Kier alpha value is -2.03. The van der Waals surface area contributed by atoms with Crippen molar-refractivity contribution in [2.24, 2.45) is 0 Å². The van der Waals surface area contributed by atoms with Gasteiger partial charge in [-0.25, -0.2) is 9.48 Å². The van der Waals surface area contributed by atoms with E-state index in [0.29, 0.717) is 10.2 Å². The topological polar surface area (TPSA) is 67.1 Å². The van der Waals surface area contributed by atoms with E-state index in [2.05, 4.69) is 26.3 Å². The van der Waals surface area contributed by atoms with Crippen molar-refractivity contribution < 1.29 is 23.1 Å². The molecule has 3 rings (SSSR count). The summed E-state index contributed by atoms with van der Waals surface area (Å²) < 4.78 is 41.5. The van der Waals surface area contributed by atoms with Crippen LogP contribution >= 0.6 is 15.9 Å². The quantitative estimate of drug-likeness (QED) is 0.814. The summed E-state index contributed by atoms with van der Waals surface area (Å²) in [7, 11) is 0. The molecule has 122 valence electrons. The number of rotatable bonds is 2. The first-order valence-electron chi connectivity index (χ1n) is 6.67. The minimum absolute atomic E-state index is 0.0453. The van der Waals surface area contributed by atoms with Crippen molar-refractivity contribution in [2.45, 2.75) is 24.7 Å². The minimum Gasteiger partial charge on any atom is -0.476 e. The standard InChI is InChI=1S/C14H11BrF3N3O2/c15-8-3-1-7(2-4-8)9-5-11(14(16,17)18)21-12(19-9)6-10(20-21)13(22)23/h1-4,6,9,11,19H,5H2,(H,22,23)/t9-,11+/m1/s1. The van der Waals surface area contributed by atoms with E-state index in [0.717, 1.165) is 10.5 Å². The molecule has 1 aromatic heterocycles. The van der Waals surface area contributed by atoms with Crippen LogP contribution in [0.3, 0.4) is 0 Å². The number of halogens is 4. The van der Waals surface area contributed by atoms with Gasteiger partial charge < -0.3 is 10.4 Å². The van der Waals surface area contributed by atoms with Gasteiger partial charge in [0.1, 0.15) is 5.82 Å². The van der Waals surface area contributed by atoms with Crippen molar-refractivity contribution in [1.82, 2.24) is 9.78 Å². The molecule has 0 unspecified atom stereocenters. The third-order valence-corrected chi connectivity index (χ3v) is 4.21. The van der Waals surface area contributed by atoms with Crippen LogP contribution in [0, 0.1) is 0 Å². The first-order valence-corrected chi connectivity index (χ1v) is 7.46. The molecule has 0 radical (unpaired) electrons. The zero-order valence-corrected chi connectivity index (χ0v) is 13.1. The largest absolute Gasteiger partial charge is 0.476 e. The van der Waals surface area contributed by atoms with E-state index in [-0.39, 0.29) is 12.2 Å².